The lowest BCUT2D eigenvalue weighted by molar-refractivity contribution is 0.439. The maximum absolute atomic E-state index is 14.3. The first kappa shape index (κ1) is 21.2. The van der Waals surface area contributed by atoms with E-state index in [9.17, 15) is 22.0 Å². The number of fused-ring (bicyclic) bond motifs is 1. The number of nitrogens with zero attached hydrogens (tertiary/aromatic N) is 1. The molecule has 0 amide bonds. The van der Waals surface area contributed by atoms with Crippen molar-refractivity contribution in [3.63, 3.8) is 0 Å². The second-order valence-electron chi connectivity index (χ2n) is 7.96. The van der Waals surface area contributed by atoms with Crippen LogP contribution in [0.4, 0.5) is 14.5 Å². The molecule has 0 aliphatic heterocycles. The molecule has 0 unspecified atom stereocenters. The Bertz CT molecular complexity index is 1560. The molecule has 0 bridgehead atoms. The summed E-state index contributed by atoms with van der Waals surface area (Å²) < 4.78 is 62.3. The van der Waals surface area contributed by atoms with Gasteiger partial charge in [-0.15, -0.1) is 0 Å². The van der Waals surface area contributed by atoms with Crippen LogP contribution in [0.5, 0.6) is 11.5 Å². The molecule has 2 aromatic heterocycles. The molecule has 1 saturated carbocycles. The zero-order valence-corrected chi connectivity index (χ0v) is 18.2. The van der Waals surface area contributed by atoms with Gasteiger partial charge in [0.15, 0.2) is 11.6 Å². The lowest BCUT2D eigenvalue weighted by Crippen LogP contribution is -2.17. The molecule has 2 N–H and O–H groups in total. The molecular formula is C23H19F2N3O4S. The van der Waals surface area contributed by atoms with Crippen LogP contribution in [0.1, 0.15) is 12.8 Å². The van der Waals surface area contributed by atoms with Gasteiger partial charge in [0.1, 0.15) is 17.1 Å². The first-order valence-corrected chi connectivity index (χ1v) is 11.7. The number of sulfonamides is 1. The first-order valence-electron chi connectivity index (χ1n) is 10.2. The average Bonchev–Trinajstić information content (AvgIpc) is 3.52. The van der Waals surface area contributed by atoms with E-state index in [0.29, 0.717) is 46.6 Å². The van der Waals surface area contributed by atoms with Crippen molar-refractivity contribution < 1.29 is 21.9 Å². The summed E-state index contributed by atoms with van der Waals surface area (Å²) in [6.07, 6.45) is 4.44. The van der Waals surface area contributed by atoms with E-state index in [0.717, 1.165) is 6.07 Å². The summed E-state index contributed by atoms with van der Waals surface area (Å²) in [7, 11) is -1.93. The largest absolute Gasteiger partial charge is 0.454 e. The highest BCUT2D eigenvalue weighted by molar-refractivity contribution is 7.93. The molecule has 0 atom stereocenters. The van der Waals surface area contributed by atoms with Gasteiger partial charge in [-0.3, -0.25) is 9.52 Å². The van der Waals surface area contributed by atoms with Gasteiger partial charge in [0.25, 0.3) is 5.56 Å². The predicted octanol–water partition coefficient (Wildman–Crippen LogP) is 4.51. The zero-order chi connectivity index (χ0) is 23.3. The fraction of sp³-hybridized carbons (Fsp3) is 0.174. The lowest BCUT2D eigenvalue weighted by atomic mass is 10.0. The molecule has 0 radical (unpaired) electrons. The Kier molecular flexibility index (Phi) is 4.97. The number of ether oxygens (including phenoxy) is 1. The summed E-state index contributed by atoms with van der Waals surface area (Å²) in [5.74, 6) is -1.61. The maximum Gasteiger partial charge on any atom is 0.274 e. The summed E-state index contributed by atoms with van der Waals surface area (Å²) in [5.41, 5.74) is 1.42. The van der Waals surface area contributed by atoms with Crippen molar-refractivity contribution in [2.75, 3.05) is 4.72 Å². The second kappa shape index (κ2) is 7.73. The average molecular weight is 471 g/mol. The topological polar surface area (TPSA) is 93.2 Å². The second-order valence-corrected chi connectivity index (χ2v) is 9.92. The van der Waals surface area contributed by atoms with Gasteiger partial charge in [0.2, 0.25) is 10.0 Å². The van der Waals surface area contributed by atoms with Crippen LogP contribution in [0.25, 0.3) is 22.0 Å². The molecule has 2 heterocycles. The number of pyridine rings is 1. The number of H-pyrrole nitrogens is 1. The highest BCUT2D eigenvalue weighted by Gasteiger charge is 2.35. The SMILES string of the molecule is Cn1cc(-c2cc(NS(=O)(=O)C3CC3)ccc2Oc2ccc(F)cc2F)c2cc[nH]c2c1=O. The molecule has 7 nitrogen and oxygen atoms in total. The Hall–Kier alpha value is -3.66. The van der Waals surface area contributed by atoms with Gasteiger partial charge in [-0.1, -0.05) is 0 Å². The molecule has 5 rings (SSSR count). The van der Waals surface area contributed by atoms with E-state index in [2.05, 4.69) is 9.71 Å². The minimum Gasteiger partial charge on any atom is -0.454 e. The van der Waals surface area contributed by atoms with Crippen LogP contribution in [-0.2, 0) is 17.1 Å². The number of rotatable bonds is 6. The molecule has 0 saturated heterocycles. The number of halogens is 2. The van der Waals surface area contributed by atoms with Crippen LogP contribution in [-0.4, -0.2) is 23.2 Å². The molecule has 10 heteroatoms. The highest BCUT2D eigenvalue weighted by Crippen LogP contribution is 2.39. The van der Waals surface area contributed by atoms with Crippen molar-refractivity contribution in [2.45, 2.75) is 18.1 Å². The summed E-state index contributed by atoms with van der Waals surface area (Å²) in [4.78, 5) is 15.4. The number of anilines is 1. The number of aromatic amines is 1. The molecule has 4 aromatic rings. The molecule has 33 heavy (non-hydrogen) atoms. The summed E-state index contributed by atoms with van der Waals surface area (Å²) in [5, 5.41) is 0.170. The number of aryl methyl sites for hydroxylation is 1. The fourth-order valence-corrected chi connectivity index (χ4v) is 5.06. The van der Waals surface area contributed by atoms with E-state index < -0.39 is 26.9 Å². The van der Waals surface area contributed by atoms with Crippen molar-refractivity contribution >= 4 is 26.6 Å². The number of benzene rings is 2. The van der Waals surface area contributed by atoms with E-state index >= 15 is 0 Å². The van der Waals surface area contributed by atoms with E-state index in [4.69, 9.17) is 4.74 Å². The summed E-state index contributed by atoms with van der Waals surface area (Å²) in [6.45, 7) is 0. The highest BCUT2D eigenvalue weighted by atomic mass is 32.2. The summed E-state index contributed by atoms with van der Waals surface area (Å²) in [6, 6.07) is 9.27. The van der Waals surface area contributed by atoms with Crippen molar-refractivity contribution in [3.8, 4) is 22.6 Å². The first-order chi connectivity index (χ1) is 15.7. The quantitative estimate of drug-likeness (QED) is 0.433. The van der Waals surface area contributed by atoms with Crippen LogP contribution in [0.3, 0.4) is 0 Å². The Morgan fingerprint density at radius 1 is 1.06 bits per heavy atom. The Labute approximate surface area is 187 Å². The Morgan fingerprint density at radius 3 is 2.55 bits per heavy atom. The number of hydrogen-bond acceptors (Lipinski definition) is 4. The van der Waals surface area contributed by atoms with E-state index in [1.165, 1.54) is 22.8 Å². The Morgan fingerprint density at radius 2 is 1.82 bits per heavy atom. The van der Waals surface area contributed by atoms with Crippen molar-refractivity contribution in [1.82, 2.24) is 9.55 Å². The lowest BCUT2D eigenvalue weighted by Gasteiger charge is -2.16. The molecular weight excluding hydrogens is 452 g/mol. The normalized spacial score (nSPS) is 13.9. The molecule has 1 aliphatic carbocycles. The smallest absolute Gasteiger partial charge is 0.274 e. The van der Waals surface area contributed by atoms with Gasteiger partial charge >= 0.3 is 0 Å². The van der Waals surface area contributed by atoms with E-state index in [1.54, 1.807) is 31.6 Å². The minimum atomic E-state index is -3.52. The maximum atomic E-state index is 14.3. The van der Waals surface area contributed by atoms with Gasteiger partial charge in [0, 0.05) is 47.7 Å². The van der Waals surface area contributed by atoms with Crippen molar-refractivity contribution in [3.05, 3.63) is 76.8 Å². The fourth-order valence-electron chi connectivity index (χ4n) is 3.68. The van der Waals surface area contributed by atoms with Gasteiger partial charge in [-0.05, 0) is 49.2 Å². The Balaban J connectivity index is 1.67. The van der Waals surface area contributed by atoms with Crippen molar-refractivity contribution in [2.24, 2.45) is 7.05 Å². The number of nitrogens with one attached hydrogen (secondary N) is 2. The van der Waals surface area contributed by atoms with Crippen LogP contribution in [0, 0.1) is 11.6 Å². The van der Waals surface area contributed by atoms with Gasteiger partial charge < -0.3 is 14.3 Å². The van der Waals surface area contributed by atoms with Crippen LogP contribution >= 0.6 is 0 Å². The van der Waals surface area contributed by atoms with Crippen LogP contribution in [0.2, 0.25) is 0 Å². The molecule has 1 fully saturated rings. The number of hydrogen-bond donors (Lipinski definition) is 2. The standard InChI is InChI=1S/C23H19F2N3O4S/c1-28-12-18(16-8-9-26-22(16)23(28)29)17-11-14(27-33(30,31)15-4-5-15)3-7-20(17)32-21-6-2-13(24)10-19(21)25/h2-3,6-12,15,26-27H,4-5H2,1H3. The molecule has 1 aliphatic rings. The van der Waals surface area contributed by atoms with Gasteiger partial charge in [0.05, 0.1) is 5.25 Å². The van der Waals surface area contributed by atoms with E-state index in [1.807, 2.05) is 0 Å². The van der Waals surface area contributed by atoms with Gasteiger partial charge in [-0.2, -0.15) is 0 Å². The molecule has 0 spiro atoms. The minimum absolute atomic E-state index is 0.195. The van der Waals surface area contributed by atoms with E-state index in [-0.39, 0.29) is 17.1 Å². The van der Waals surface area contributed by atoms with Crippen molar-refractivity contribution in [1.29, 1.82) is 0 Å². The predicted molar refractivity (Wildman–Crippen MR) is 121 cm³/mol. The molecule has 2 aromatic carbocycles. The van der Waals surface area contributed by atoms with Crippen LogP contribution in [0.15, 0.2) is 59.7 Å². The monoisotopic (exact) mass is 471 g/mol. The molecule has 170 valence electrons. The third-order valence-electron chi connectivity index (χ3n) is 5.50. The number of aromatic nitrogens is 2. The zero-order valence-electron chi connectivity index (χ0n) is 17.4. The third-order valence-corrected chi connectivity index (χ3v) is 7.37. The van der Waals surface area contributed by atoms with Crippen LogP contribution < -0.4 is 15.0 Å². The third kappa shape index (κ3) is 3.97. The van der Waals surface area contributed by atoms with Gasteiger partial charge in [-0.25, -0.2) is 17.2 Å². The summed E-state index contributed by atoms with van der Waals surface area (Å²) >= 11 is 0.